The summed E-state index contributed by atoms with van der Waals surface area (Å²) in [6.07, 6.45) is 6.40. The Kier molecular flexibility index (Phi) is 4.41. The number of aromatic amines is 1. The number of aryl methyl sites for hydroxylation is 3. The van der Waals surface area contributed by atoms with Gasteiger partial charge in [-0.3, -0.25) is 4.98 Å². The molecule has 29 heavy (non-hydrogen) atoms. The SMILES string of the molecule is Cc1cccc2[nH]c(CCn3cnc(-c4ccccc4)c3-c3cccnc3)nc12. The molecule has 3 heterocycles. The first kappa shape index (κ1) is 17.4. The summed E-state index contributed by atoms with van der Waals surface area (Å²) in [7, 11) is 0. The van der Waals surface area contributed by atoms with E-state index in [1.165, 1.54) is 5.56 Å². The fourth-order valence-electron chi connectivity index (χ4n) is 3.74. The molecule has 5 rings (SSSR count). The Morgan fingerprint density at radius 1 is 0.931 bits per heavy atom. The first-order valence-electron chi connectivity index (χ1n) is 9.75. The van der Waals surface area contributed by atoms with E-state index in [4.69, 9.17) is 9.97 Å². The van der Waals surface area contributed by atoms with Gasteiger partial charge in [0.2, 0.25) is 0 Å². The van der Waals surface area contributed by atoms with Gasteiger partial charge in [-0.05, 0) is 30.7 Å². The summed E-state index contributed by atoms with van der Waals surface area (Å²) in [4.78, 5) is 17.3. The van der Waals surface area contributed by atoms with Crippen molar-refractivity contribution in [3.63, 3.8) is 0 Å². The molecular formula is C24H21N5. The second kappa shape index (κ2) is 7.36. The van der Waals surface area contributed by atoms with Gasteiger partial charge >= 0.3 is 0 Å². The normalized spacial score (nSPS) is 11.2. The molecule has 0 saturated carbocycles. The van der Waals surface area contributed by atoms with Crippen molar-refractivity contribution < 1.29 is 0 Å². The Morgan fingerprint density at radius 3 is 2.59 bits per heavy atom. The molecule has 0 aliphatic rings. The number of nitrogens with zero attached hydrogens (tertiary/aromatic N) is 4. The third-order valence-electron chi connectivity index (χ3n) is 5.17. The third-order valence-corrected chi connectivity index (χ3v) is 5.17. The second-order valence-electron chi connectivity index (χ2n) is 7.15. The highest BCUT2D eigenvalue weighted by Crippen LogP contribution is 2.31. The molecule has 0 fully saturated rings. The first-order valence-corrected chi connectivity index (χ1v) is 9.75. The van der Waals surface area contributed by atoms with Gasteiger partial charge in [-0.1, -0.05) is 42.5 Å². The monoisotopic (exact) mass is 379 g/mol. The standard InChI is InChI=1S/C24H21N5/c1-17-7-5-11-20-22(17)28-21(27-20)12-14-29-16-26-23(18-8-3-2-4-9-18)24(29)19-10-6-13-25-15-19/h2-11,13,15-16H,12,14H2,1H3,(H,27,28). The van der Waals surface area contributed by atoms with Crippen LogP contribution in [0, 0.1) is 6.92 Å². The number of H-pyrrole nitrogens is 1. The number of benzene rings is 2. The summed E-state index contributed by atoms with van der Waals surface area (Å²) in [5.74, 6) is 0.987. The van der Waals surface area contributed by atoms with Crippen LogP contribution in [0.4, 0.5) is 0 Å². The van der Waals surface area contributed by atoms with Gasteiger partial charge in [0.25, 0.3) is 0 Å². The largest absolute Gasteiger partial charge is 0.342 e. The average molecular weight is 379 g/mol. The van der Waals surface area contributed by atoms with E-state index in [9.17, 15) is 0 Å². The molecule has 0 saturated heterocycles. The number of fused-ring (bicyclic) bond motifs is 1. The molecule has 0 aliphatic heterocycles. The number of imidazole rings is 2. The number of nitrogens with one attached hydrogen (secondary N) is 1. The number of para-hydroxylation sites is 1. The minimum atomic E-state index is 0.781. The summed E-state index contributed by atoms with van der Waals surface area (Å²) in [6.45, 7) is 2.87. The Balaban J connectivity index is 1.51. The van der Waals surface area contributed by atoms with Crippen LogP contribution in [0.1, 0.15) is 11.4 Å². The van der Waals surface area contributed by atoms with Crippen molar-refractivity contribution in [1.82, 2.24) is 24.5 Å². The average Bonchev–Trinajstić information content (AvgIpc) is 3.38. The predicted molar refractivity (Wildman–Crippen MR) is 115 cm³/mol. The summed E-state index contributed by atoms with van der Waals surface area (Å²) < 4.78 is 2.19. The molecule has 0 amide bonds. The van der Waals surface area contributed by atoms with Crippen molar-refractivity contribution in [3.05, 3.63) is 90.8 Å². The smallest absolute Gasteiger partial charge is 0.109 e. The molecule has 5 aromatic rings. The van der Waals surface area contributed by atoms with Crippen LogP contribution in [0.25, 0.3) is 33.5 Å². The molecule has 1 N–H and O–H groups in total. The number of aromatic nitrogens is 5. The van der Waals surface area contributed by atoms with E-state index in [1.54, 1.807) is 6.20 Å². The minimum Gasteiger partial charge on any atom is -0.342 e. The van der Waals surface area contributed by atoms with Crippen LogP contribution < -0.4 is 0 Å². The molecule has 2 aromatic carbocycles. The van der Waals surface area contributed by atoms with Crippen LogP contribution in [0.5, 0.6) is 0 Å². The van der Waals surface area contributed by atoms with E-state index >= 15 is 0 Å². The van der Waals surface area contributed by atoms with E-state index in [0.29, 0.717) is 0 Å². The Hall–Kier alpha value is -3.73. The molecule has 0 bridgehead atoms. The lowest BCUT2D eigenvalue weighted by Crippen LogP contribution is -2.03. The molecule has 3 aromatic heterocycles. The van der Waals surface area contributed by atoms with Crippen LogP contribution in [0.3, 0.4) is 0 Å². The highest BCUT2D eigenvalue weighted by atomic mass is 15.1. The van der Waals surface area contributed by atoms with E-state index in [0.717, 1.165) is 52.3 Å². The maximum atomic E-state index is 4.79. The van der Waals surface area contributed by atoms with Gasteiger partial charge in [0.1, 0.15) is 5.82 Å². The van der Waals surface area contributed by atoms with Gasteiger partial charge < -0.3 is 9.55 Å². The van der Waals surface area contributed by atoms with Gasteiger partial charge in [0, 0.05) is 36.5 Å². The molecular weight excluding hydrogens is 358 g/mol. The van der Waals surface area contributed by atoms with Crippen LogP contribution in [-0.4, -0.2) is 24.5 Å². The summed E-state index contributed by atoms with van der Waals surface area (Å²) >= 11 is 0. The Morgan fingerprint density at radius 2 is 1.79 bits per heavy atom. The fourth-order valence-corrected chi connectivity index (χ4v) is 3.74. The van der Waals surface area contributed by atoms with E-state index < -0.39 is 0 Å². The highest BCUT2D eigenvalue weighted by Gasteiger charge is 2.15. The topological polar surface area (TPSA) is 59.4 Å². The quantitative estimate of drug-likeness (QED) is 0.465. The van der Waals surface area contributed by atoms with Gasteiger partial charge in [-0.15, -0.1) is 0 Å². The zero-order valence-electron chi connectivity index (χ0n) is 16.2. The summed E-state index contributed by atoms with van der Waals surface area (Å²) in [5.41, 5.74) is 7.54. The zero-order valence-corrected chi connectivity index (χ0v) is 16.2. The van der Waals surface area contributed by atoms with Gasteiger partial charge in [-0.25, -0.2) is 9.97 Å². The molecule has 5 nitrogen and oxygen atoms in total. The molecule has 5 heteroatoms. The lowest BCUT2D eigenvalue weighted by molar-refractivity contribution is 0.683. The molecule has 0 unspecified atom stereocenters. The third kappa shape index (κ3) is 3.31. The summed E-state index contributed by atoms with van der Waals surface area (Å²) in [6, 6.07) is 20.6. The molecule has 142 valence electrons. The van der Waals surface area contributed by atoms with E-state index in [1.807, 2.05) is 36.8 Å². The Bertz CT molecular complexity index is 1250. The lowest BCUT2D eigenvalue weighted by Gasteiger charge is -2.10. The van der Waals surface area contributed by atoms with Crippen molar-refractivity contribution in [2.24, 2.45) is 0 Å². The fraction of sp³-hybridized carbons (Fsp3) is 0.125. The highest BCUT2D eigenvalue weighted by molar-refractivity contribution is 5.79. The zero-order chi connectivity index (χ0) is 19.6. The van der Waals surface area contributed by atoms with Crippen LogP contribution in [-0.2, 0) is 13.0 Å². The molecule has 0 aliphatic carbocycles. The van der Waals surface area contributed by atoms with Crippen LogP contribution in [0.15, 0.2) is 79.4 Å². The number of pyridine rings is 1. The van der Waals surface area contributed by atoms with Crippen LogP contribution in [0.2, 0.25) is 0 Å². The molecule has 0 spiro atoms. The lowest BCUT2D eigenvalue weighted by atomic mass is 10.1. The van der Waals surface area contributed by atoms with E-state index in [-0.39, 0.29) is 0 Å². The van der Waals surface area contributed by atoms with Gasteiger partial charge in [0.15, 0.2) is 0 Å². The molecule has 0 radical (unpaired) electrons. The predicted octanol–water partition coefficient (Wildman–Crippen LogP) is 5.04. The van der Waals surface area contributed by atoms with Gasteiger partial charge in [-0.2, -0.15) is 0 Å². The van der Waals surface area contributed by atoms with E-state index in [2.05, 4.69) is 57.9 Å². The van der Waals surface area contributed by atoms with Crippen LogP contribution >= 0.6 is 0 Å². The molecule has 0 atom stereocenters. The van der Waals surface area contributed by atoms with Crippen molar-refractivity contribution in [3.8, 4) is 22.5 Å². The first-order chi connectivity index (χ1) is 14.3. The number of rotatable bonds is 5. The Labute approximate surface area is 169 Å². The second-order valence-corrected chi connectivity index (χ2v) is 7.15. The maximum Gasteiger partial charge on any atom is 0.109 e. The minimum absolute atomic E-state index is 0.781. The maximum absolute atomic E-state index is 4.79. The number of hydrogen-bond donors (Lipinski definition) is 1. The van der Waals surface area contributed by atoms with Crippen molar-refractivity contribution in [2.75, 3.05) is 0 Å². The number of hydrogen-bond acceptors (Lipinski definition) is 3. The van der Waals surface area contributed by atoms with Gasteiger partial charge in [0.05, 0.1) is 28.7 Å². The van der Waals surface area contributed by atoms with Crippen molar-refractivity contribution in [1.29, 1.82) is 0 Å². The van der Waals surface area contributed by atoms with Crippen molar-refractivity contribution in [2.45, 2.75) is 19.9 Å². The van der Waals surface area contributed by atoms with Crippen molar-refractivity contribution >= 4 is 11.0 Å². The summed E-state index contributed by atoms with van der Waals surface area (Å²) in [5, 5.41) is 0.